The number of rotatable bonds is 4. The van der Waals surface area contributed by atoms with Gasteiger partial charge in [-0.05, 0) is 55.9 Å². The summed E-state index contributed by atoms with van der Waals surface area (Å²) in [6.45, 7) is 0. The summed E-state index contributed by atoms with van der Waals surface area (Å²) in [5.74, 6) is 1.38. The number of carbonyl (C=O) groups is 1. The molecule has 3 heterocycles. The number of aliphatic hydroxyl groups is 1. The van der Waals surface area contributed by atoms with Crippen LogP contribution in [0.4, 0.5) is 5.69 Å². The van der Waals surface area contributed by atoms with Gasteiger partial charge in [0.1, 0.15) is 5.65 Å². The van der Waals surface area contributed by atoms with Gasteiger partial charge in [0.25, 0.3) is 17.6 Å². The molecule has 2 unspecified atom stereocenters. The van der Waals surface area contributed by atoms with Gasteiger partial charge in [-0.25, -0.2) is 4.98 Å². The second-order valence-corrected chi connectivity index (χ2v) is 9.15. The van der Waals surface area contributed by atoms with E-state index in [-0.39, 0.29) is 17.8 Å². The standard InChI is InChI=1S/C21H24N6O3/c1-22-19(28)18-26-20(30-27-18)14-9-24-17-13(2-3-23-17)16(14)25-15-11-4-10-5-12(15)8-21(29,6-10)7-11/h2-3,9-12,15,29H,4-8H2,1H3,(H,22,28)(H2,23,24,25). The van der Waals surface area contributed by atoms with E-state index in [0.717, 1.165) is 48.8 Å². The lowest BCUT2D eigenvalue weighted by Crippen LogP contribution is -2.59. The molecule has 9 heteroatoms. The molecule has 4 bridgehead atoms. The van der Waals surface area contributed by atoms with Crippen LogP contribution in [0.3, 0.4) is 0 Å². The first-order valence-corrected chi connectivity index (χ1v) is 10.5. The summed E-state index contributed by atoms with van der Waals surface area (Å²) in [4.78, 5) is 23.8. The first kappa shape index (κ1) is 17.9. The van der Waals surface area contributed by atoms with E-state index >= 15 is 0 Å². The number of carbonyl (C=O) groups excluding carboxylic acids is 1. The first-order valence-electron chi connectivity index (χ1n) is 10.5. The summed E-state index contributed by atoms with van der Waals surface area (Å²) in [6, 6.07) is 2.26. The largest absolute Gasteiger partial charge is 0.390 e. The fraction of sp³-hybridized carbons (Fsp3) is 0.524. The molecule has 0 aliphatic heterocycles. The quantitative estimate of drug-likeness (QED) is 0.521. The van der Waals surface area contributed by atoms with Crippen LogP contribution in [0.2, 0.25) is 0 Å². The Bertz CT molecular complexity index is 1120. The summed E-state index contributed by atoms with van der Waals surface area (Å²) in [5.41, 5.74) is 1.86. The lowest BCUT2D eigenvalue weighted by atomic mass is 9.52. The van der Waals surface area contributed by atoms with Crippen molar-refractivity contribution in [2.24, 2.45) is 17.8 Å². The van der Waals surface area contributed by atoms with Crippen LogP contribution in [0.1, 0.15) is 42.7 Å². The Morgan fingerprint density at radius 2 is 2.10 bits per heavy atom. The van der Waals surface area contributed by atoms with Crippen LogP contribution in [0.15, 0.2) is 23.0 Å². The molecule has 1 amide bonds. The molecular formula is C21H24N6O3. The third kappa shape index (κ3) is 2.64. The van der Waals surface area contributed by atoms with Gasteiger partial charge in [0.2, 0.25) is 0 Å². The molecule has 156 valence electrons. The molecule has 7 rings (SSSR count). The zero-order valence-electron chi connectivity index (χ0n) is 16.7. The van der Waals surface area contributed by atoms with Crippen molar-refractivity contribution in [2.45, 2.75) is 43.7 Å². The molecule has 0 radical (unpaired) electrons. The highest BCUT2D eigenvalue weighted by Crippen LogP contribution is 2.56. The van der Waals surface area contributed by atoms with Crippen LogP contribution in [0.5, 0.6) is 0 Å². The van der Waals surface area contributed by atoms with Crippen molar-refractivity contribution in [3.63, 3.8) is 0 Å². The highest BCUT2D eigenvalue weighted by atomic mass is 16.5. The second-order valence-electron chi connectivity index (χ2n) is 9.15. The molecule has 3 aromatic heterocycles. The minimum absolute atomic E-state index is 0.00976. The Morgan fingerprint density at radius 3 is 2.83 bits per heavy atom. The number of aromatic nitrogens is 4. The zero-order chi connectivity index (χ0) is 20.5. The Hall–Kier alpha value is -2.94. The maximum absolute atomic E-state index is 11.9. The Labute approximate surface area is 172 Å². The number of hydrogen-bond acceptors (Lipinski definition) is 7. The minimum atomic E-state index is -0.478. The fourth-order valence-electron chi connectivity index (χ4n) is 6.25. The number of amides is 1. The van der Waals surface area contributed by atoms with Crippen molar-refractivity contribution < 1.29 is 14.4 Å². The van der Waals surface area contributed by atoms with E-state index in [1.54, 1.807) is 6.20 Å². The van der Waals surface area contributed by atoms with Gasteiger partial charge >= 0.3 is 0 Å². The smallest absolute Gasteiger partial charge is 0.292 e. The van der Waals surface area contributed by atoms with Gasteiger partial charge in [-0.15, -0.1) is 0 Å². The summed E-state index contributed by atoms with van der Waals surface area (Å²) in [6.07, 6.45) is 8.55. The van der Waals surface area contributed by atoms with Crippen molar-refractivity contribution >= 4 is 22.6 Å². The summed E-state index contributed by atoms with van der Waals surface area (Å²) >= 11 is 0. The molecule has 9 nitrogen and oxygen atoms in total. The summed E-state index contributed by atoms with van der Waals surface area (Å²) in [5, 5.41) is 22.0. The van der Waals surface area contributed by atoms with Gasteiger partial charge in [-0.3, -0.25) is 4.79 Å². The first-order chi connectivity index (χ1) is 14.5. The van der Waals surface area contributed by atoms with E-state index in [2.05, 4.69) is 30.7 Å². The topological polar surface area (TPSA) is 129 Å². The summed E-state index contributed by atoms with van der Waals surface area (Å²) < 4.78 is 5.41. The number of pyridine rings is 1. The second kappa shape index (κ2) is 6.28. The van der Waals surface area contributed by atoms with Crippen LogP contribution in [-0.2, 0) is 0 Å². The maximum atomic E-state index is 11.9. The van der Waals surface area contributed by atoms with Crippen molar-refractivity contribution in [3.05, 3.63) is 24.3 Å². The molecule has 0 aromatic carbocycles. The van der Waals surface area contributed by atoms with Crippen LogP contribution < -0.4 is 10.6 Å². The number of nitrogens with one attached hydrogen (secondary N) is 3. The molecule has 4 aliphatic rings. The van der Waals surface area contributed by atoms with Crippen molar-refractivity contribution in [2.75, 3.05) is 12.4 Å². The molecular weight excluding hydrogens is 384 g/mol. The molecule has 30 heavy (non-hydrogen) atoms. The van der Waals surface area contributed by atoms with Gasteiger partial charge in [0, 0.05) is 30.9 Å². The van der Waals surface area contributed by atoms with Gasteiger partial charge in [-0.2, -0.15) is 4.98 Å². The molecule has 4 saturated carbocycles. The molecule has 2 atom stereocenters. The molecule has 4 fully saturated rings. The van der Waals surface area contributed by atoms with E-state index in [4.69, 9.17) is 4.52 Å². The van der Waals surface area contributed by atoms with Gasteiger partial charge in [-0.1, -0.05) is 5.16 Å². The monoisotopic (exact) mass is 408 g/mol. The average molecular weight is 408 g/mol. The Morgan fingerprint density at radius 1 is 1.30 bits per heavy atom. The molecule has 3 aromatic rings. The van der Waals surface area contributed by atoms with E-state index < -0.39 is 11.5 Å². The SMILES string of the molecule is CNC(=O)c1noc(-c2cnc3[nH]ccc3c2NC2C3CC4CC2CC(O)(C4)C3)n1. The highest BCUT2D eigenvalue weighted by molar-refractivity contribution is 5.97. The fourth-order valence-corrected chi connectivity index (χ4v) is 6.25. The van der Waals surface area contributed by atoms with Gasteiger partial charge in [0.05, 0.1) is 16.9 Å². The number of hydrogen-bond donors (Lipinski definition) is 4. The zero-order valence-corrected chi connectivity index (χ0v) is 16.7. The lowest BCUT2D eigenvalue weighted by Gasteiger charge is -2.58. The van der Waals surface area contributed by atoms with E-state index in [0.29, 0.717) is 23.3 Å². The van der Waals surface area contributed by atoms with Crippen LogP contribution in [-0.4, -0.2) is 49.8 Å². The third-order valence-electron chi connectivity index (χ3n) is 7.23. The Balaban J connectivity index is 1.40. The van der Waals surface area contributed by atoms with Crippen molar-refractivity contribution in [1.82, 2.24) is 25.4 Å². The average Bonchev–Trinajstić information content (AvgIpc) is 3.38. The van der Waals surface area contributed by atoms with E-state index in [1.165, 1.54) is 7.05 Å². The number of fused-ring (bicyclic) bond motifs is 1. The normalized spacial score (nSPS) is 31.9. The van der Waals surface area contributed by atoms with Crippen LogP contribution in [0.25, 0.3) is 22.5 Å². The van der Waals surface area contributed by atoms with Crippen LogP contribution >= 0.6 is 0 Å². The molecule has 0 saturated heterocycles. The van der Waals surface area contributed by atoms with Crippen molar-refractivity contribution in [1.29, 1.82) is 0 Å². The predicted molar refractivity (Wildman–Crippen MR) is 109 cm³/mol. The minimum Gasteiger partial charge on any atom is -0.390 e. The van der Waals surface area contributed by atoms with E-state index in [1.807, 2.05) is 12.3 Å². The molecule has 4 aliphatic carbocycles. The summed E-state index contributed by atoms with van der Waals surface area (Å²) in [7, 11) is 1.53. The van der Waals surface area contributed by atoms with Crippen LogP contribution in [0, 0.1) is 17.8 Å². The van der Waals surface area contributed by atoms with Crippen molar-refractivity contribution in [3.8, 4) is 11.5 Å². The van der Waals surface area contributed by atoms with Gasteiger partial charge in [0.15, 0.2) is 0 Å². The third-order valence-corrected chi connectivity index (χ3v) is 7.23. The maximum Gasteiger partial charge on any atom is 0.292 e. The number of aromatic amines is 1. The Kier molecular flexibility index (Phi) is 3.74. The van der Waals surface area contributed by atoms with E-state index in [9.17, 15) is 9.90 Å². The highest BCUT2D eigenvalue weighted by Gasteiger charge is 2.54. The number of anilines is 1. The molecule has 4 N–H and O–H groups in total. The number of H-pyrrole nitrogens is 1. The number of nitrogens with zero attached hydrogens (tertiary/aromatic N) is 3. The van der Waals surface area contributed by atoms with Gasteiger partial charge < -0.3 is 25.2 Å². The lowest BCUT2D eigenvalue weighted by molar-refractivity contribution is -0.129. The molecule has 0 spiro atoms. The predicted octanol–water partition coefficient (Wildman–Crippen LogP) is 2.32.